The Morgan fingerprint density at radius 1 is 1.42 bits per heavy atom. The summed E-state index contributed by atoms with van der Waals surface area (Å²) in [5, 5.41) is 22.0. The first-order valence-electron chi connectivity index (χ1n) is 6.95. The second-order valence-electron chi connectivity index (χ2n) is 5.07. The molecule has 0 aliphatic carbocycles. The molecule has 0 atom stereocenters. The number of nitrogens with zero attached hydrogens (tertiary/aromatic N) is 5. The van der Waals surface area contributed by atoms with E-state index in [-0.39, 0.29) is 12.2 Å². The zero-order valence-corrected chi connectivity index (χ0v) is 13.7. The molecular formula is C14H14N6O3S. The molecule has 9 nitrogen and oxygen atoms in total. The molecule has 3 heterocycles. The highest BCUT2D eigenvalue weighted by Gasteiger charge is 2.15. The number of carbonyl (C=O) groups excluding carboxylic acids is 1. The number of carbonyl (C=O) groups is 2. The average Bonchev–Trinajstić information content (AvgIpc) is 3.19. The van der Waals surface area contributed by atoms with Crippen LogP contribution < -0.4 is 5.32 Å². The smallest absolute Gasteiger partial charge is 0.354 e. The van der Waals surface area contributed by atoms with Crippen LogP contribution >= 0.6 is 11.3 Å². The summed E-state index contributed by atoms with van der Waals surface area (Å²) in [6.07, 6.45) is 3.20. The molecule has 0 aromatic carbocycles. The van der Waals surface area contributed by atoms with E-state index in [0.717, 1.165) is 21.6 Å². The van der Waals surface area contributed by atoms with Crippen LogP contribution in [0.1, 0.15) is 16.2 Å². The maximum Gasteiger partial charge on any atom is 0.354 e. The van der Waals surface area contributed by atoms with Crippen molar-refractivity contribution in [2.45, 2.75) is 13.5 Å². The van der Waals surface area contributed by atoms with Gasteiger partial charge in [-0.3, -0.25) is 9.48 Å². The van der Waals surface area contributed by atoms with Gasteiger partial charge in [-0.05, 0) is 13.0 Å². The lowest BCUT2D eigenvalue weighted by atomic mass is 10.2. The highest BCUT2D eigenvalue weighted by molar-refractivity contribution is 7.14. The Morgan fingerprint density at radius 3 is 2.88 bits per heavy atom. The molecule has 2 N–H and O–H groups in total. The van der Waals surface area contributed by atoms with E-state index in [1.807, 2.05) is 25.5 Å². The number of carboxylic acids is 1. The van der Waals surface area contributed by atoms with Crippen molar-refractivity contribution in [2.75, 3.05) is 5.32 Å². The van der Waals surface area contributed by atoms with Gasteiger partial charge in [0.05, 0.1) is 11.4 Å². The van der Waals surface area contributed by atoms with Gasteiger partial charge >= 0.3 is 5.97 Å². The van der Waals surface area contributed by atoms with Gasteiger partial charge in [0.25, 0.3) is 0 Å². The minimum atomic E-state index is -1.14. The average molecular weight is 346 g/mol. The summed E-state index contributed by atoms with van der Waals surface area (Å²) >= 11 is 1.29. The summed E-state index contributed by atoms with van der Waals surface area (Å²) in [5.41, 5.74) is 2.43. The molecule has 0 aliphatic heterocycles. The van der Waals surface area contributed by atoms with Gasteiger partial charge in [0.2, 0.25) is 5.91 Å². The molecule has 0 radical (unpaired) electrons. The minimum Gasteiger partial charge on any atom is -0.477 e. The largest absolute Gasteiger partial charge is 0.477 e. The maximum absolute atomic E-state index is 12.1. The van der Waals surface area contributed by atoms with Gasteiger partial charge < -0.3 is 10.4 Å². The zero-order chi connectivity index (χ0) is 17.3. The quantitative estimate of drug-likeness (QED) is 0.721. The lowest BCUT2D eigenvalue weighted by Gasteiger charge is -2.04. The number of nitrogens with one attached hydrogen (secondary N) is 1. The van der Waals surface area contributed by atoms with Crippen LogP contribution in [0.5, 0.6) is 0 Å². The summed E-state index contributed by atoms with van der Waals surface area (Å²) in [6, 6.07) is 1.34. The van der Waals surface area contributed by atoms with Crippen LogP contribution in [0.4, 0.5) is 5.13 Å². The van der Waals surface area contributed by atoms with Crippen molar-refractivity contribution in [2.24, 2.45) is 7.05 Å². The maximum atomic E-state index is 12.1. The summed E-state index contributed by atoms with van der Waals surface area (Å²) in [4.78, 5) is 27.4. The van der Waals surface area contributed by atoms with Crippen molar-refractivity contribution in [3.63, 3.8) is 0 Å². The fourth-order valence-corrected chi connectivity index (χ4v) is 2.97. The minimum absolute atomic E-state index is 0.0454. The number of amides is 1. The number of rotatable bonds is 5. The van der Waals surface area contributed by atoms with Crippen molar-refractivity contribution in [3.05, 3.63) is 35.2 Å². The normalized spacial score (nSPS) is 10.8. The number of thiazole rings is 1. The molecule has 0 saturated heterocycles. The molecule has 0 unspecified atom stereocenters. The predicted octanol–water partition coefficient (Wildman–Crippen LogP) is 1.39. The van der Waals surface area contributed by atoms with E-state index in [9.17, 15) is 9.59 Å². The summed E-state index contributed by atoms with van der Waals surface area (Å²) in [5.74, 6) is -1.53. The highest BCUT2D eigenvalue weighted by atomic mass is 32.1. The SMILES string of the molecule is Cc1nn(C)cc1-c1csc(NC(=O)Cn2nccc2C(=O)O)n1. The molecule has 0 aliphatic rings. The van der Waals surface area contributed by atoms with Gasteiger partial charge in [-0.15, -0.1) is 11.3 Å². The van der Waals surface area contributed by atoms with E-state index in [1.54, 1.807) is 4.68 Å². The number of aromatic carboxylic acids is 1. The molecule has 1 amide bonds. The van der Waals surface area contributed by atoms with Crippen molar-refractivity contribution in [1.29, 1.82) is 0 Å². The van der Waals surface area contributed by atoms with Crippen LogP contribution in [0, 0.1) is 6.92 Å². The Kier molecular flexibility index (Phi) is 4.13. The molecule has 0 bridgehead atoms. The summed E-state index contributed by atoms with van der Waals surface area (Å²) in [6.45, 7) is 1.69. The number of aromatic nitrogens is 5. The molecular weight excluding hydrogens is 332 g/mol. The third kappa shape index (κ3) is 3.18. The number of aryl methyl sites for hydroxylation is 2. The fraction of sp³-hybridized carbons (Fsp3) is 0.214. The first-order valence-corrected chi connectivity index (χ1v) is 7.83. The molecule has 10 heteroatoms. The van der Waals surface area contributed by atoms with Crippen LogP contribution in [0.2, 0.25) is 0 Å². The van der Waals surface area contributed by atoms with Crippen molar-refractivity contribution in [1.82, 2.24) is 24.5 Å². The van der Waals surface area contributed by atoms with Crippen molar-refractivity contribution >= 4 is 28.3 Å². The molecule has 24 heavy (non-hydrogen) atoms. The molecule has 0 saturated carbocycles. The van der Waals surface area contributed by atoms with Crippen LogP contribution in [0.15, 0.2) is 23.8 Å². The Hall–Kier alpha value is -3.01. The zero-order valence-electron chi connectivity index (χ0n) is 12.9. The third-order valence-corrected chi connectivity index (χ3v) is 4.03. The number of hydrogen-bond donors (Lipinski definition) is 2. The van der Waals surface area contributed by atoms with Gasteiger partial charge in [0, 0.05) is 30.4 Å². The van der Waals surface area contributed by atoms with Crippen molar-refractivity contribution < 1.29 is 14.7 Å². The molecule has 3 rings (SSSR count). The van der Waals surface area contributed by atoms with E-state index < -0.39 is 11.9 Å². The van der Waals surface area contributed by atoms with E-state index in [4.69, 9.17) is 5.11 Å². The number of carboxylic acid groups (broad SMARTS) is 1. The summed E-state index contributed by atoms with van der Waals surface area (Å²) in [7, 11) is 1.83. The molecule has 3 aromatic rings. The topological polar surface area (TPSA) is 115 Å². The number of anilines is 1. The van der Waals surface area contributed by atoms with E-state index in [2.05, 4.69) is 20.5 Å². The standard InChI is InChI=1S/C14H14N6O3S/c1-8-9(5-19(2)18-8)10-7-24-14(16-10)17-12(21)6-20-11(13(22)23)3-4-15-20/h3-5,7H,6H2,1-2H3,(H,22,23)(H,16,17,21). The molecule has 0 spiro atoms. The highest BCUT2D eigenvalue weighted by Crippen LogP contribution is 2.26. The van der Waals surface area contributed by atoms with Crippen LogP contribution in [-0.2, 0) is 18.4 Å². The van der Waals surface area contributed by atoms with Crippen LogP contribution in [0.3, 0.4) is 0 Å². The van der Waals surface area contributed by atoms with Gasteiger partial charge in [-0.1, -0.05) is 0 Å². The molecule has 0 fully saturated rings. The monoisotopic (exact) mass is 346 g/mol. The van der Waals surface area contributed by atoms with Gasteiger partial charge in [0.15, 0.2) is 5.13 Å². The first-order chi connectivity index (χ1) is 11.4. The second kappa shape index (κ2) is 6.24. The fourth-order valence-electron chi connectivity index (χ4n) is 2.24. The van der Waals surface area contributed by atoms with Gasteiger partial charge in [0.1, 0.15) is 12.2 Å². The summed E-state index contributed by atoms with van der Waals surface area (Å²) < 4.78 is 2.82. The Morgan fingerprint density at radius 2 is 2.21 bits per heavy atom. The van der Waals surface area contributed by atoms with Crippen LogP contribution in [-0.4, -0.2) is 41.5 Å². The van der Waals surface area contributed by atoms with Gasteiger partial charge in [-0.25, -0.2) is 14.5 Å². The van der Waals surface area contributed by atoms with Gasteiger partial charge in [-0.2, -0.15) is 10.2 Å². The van der Waals surface area contributed by atoms with Crippen molar-refractivity contribution in [3.8, 4) is 11.3 Å². The number of hydrogen-bond acceptors (Lipinski definition) is 6. The molecule has 3 aromatic heterocycles. The van der Waals surface area contributed by atoms with E-state index in [0.29, 0.717) is 5.13 Å². The second-order valence-corrected chi connectivity index (χ2v) is 5.93. The Bertz CT molecular complexity index is 909. The van der Waals surface area contributed by atoms with E-state index >= 15 is 0 Å². The Labute approximate surface area is 140 Å². The lowest BCUT2D eigenvalue weighted by molar-refractivity contribution is -0.116. The van der Waals surface area contributed by atoms with Crippen LogP contribution in [0.25, 0.3) is 11.3 Å². The molecule has 124 valence electrons. The Balaban J connectivity index is 1.70. The first kappa shape index (κ1) is 15.9. The van der Waals surface area contributed by atoms with E-state index in [1.165, 1.54) is 23.6 Å². The predicted molar refractivity (Wildman–Crippen MR) is 86.9 cm³/mol. The third-order valence-electron chi connectivity index (χ3n) is 3.27. The lowest BCUT2D eigenvalue weighted by Crippen LogP contribution is -2.22.